The highest BCUT2D eigenvalue weighted by atomic mass is 32.2. The van der Waals surface area contributed by atoms with Crippen molar-refractivity contribution in [2.75, 3.05) is 6.61 Å². The largest absolute Gasteiger partial charge is 0.453 e. The number of hydrogen-bond donors (Lipinski definition) is 0. The fourth-order valence-corrected chi connectivity index (χ4v) is 2.79. The monoisotopic (exact) mass is 258 g/mol. The van der Waals surface area contributed by atoms with Crippen molar-refractivity contribution in [3.8, 4) is 11.8 Å². The number of carbonyl (C=O) groups is 1. The molecule has 0 aliphatic carbocycles. The van der Waals surface area contributed by atoms with Crippen molar-refractivity contribution >= 4 is 17.7 Å². The molecule has 2 rings (SSSR count). The Morgan fingerprint density at radius 1 is 1.33 bits per heavy atom. The van der Waals surface area contributed by atoms with Gasteiger partial charge in [0.25, 0.3) is 0 Å². The fourth-order valence-electron chi connectivity index (χ4n) is 1.65. The molecule has 1 aliphatic rings. The predicted molar refractivity (Wildman–Crippen MR) is 74.1 cm³/mol. The van der Waals surface area contributed by atoms with Crippen LogP contribution in [0.15, 0.2) is 42.5 Å². The normalized spacial score (nSPS) is 21.2. The first-order chi connectivity index (χ1) is 8.75. The maximum atomic E-state index is 10.6. The second kappa shape index (κ2) is 6.32. The van der Waals surface area contributed by atoms with E-state index in [2.05, 4.69) is 36.1 Å². The van der Waals surface area contributed by atoms with Gasteiger partial charge in [0, 0.05) is 12.2 Å². The lowest BCUT2D eigenvalue weighted by molar-refractivity contribution is -0.139. The third-order valence-electron chi connectivity index (χ3n) is 2.47. The van der Waals surface area contributed by atoms with Crippen LogP contribution in [0.25, 0.3) is 0 Å². The zero-order valence-electron chi connectivity index (χ0n) is 10.1. The highest BCUT2D eigenvalue weighted by Gasteiger charge is 2.18. The summed E-state index contributed by atoms with van der Waals surface area (Å²) in [5.74, 6) is 5.66. The van der Waals surface area contributed by atoms with Crippen LogP contribution in [0.3, 0.4) is 0 Å². The second-order valence-electron chi connectivity index (χ2n) is 3.87. The van der Waals surface area contributed by atoms with Gasteiger partial charge in [0.1, 0.15) is 0 Å². The summed E-state index contributed by atoms with van der Waals surface area (Å²) >= 11 is 1.80. The van der Waals surface area contributed by atoms with Crippen molar-refractivity contribution in [3.05, 3.63) is 48.0 Å². The van der Waals surface area contributed by atoms with Gasteiger partial charge in [-0.05, 0) is 5.56 Å². The highest BCUT2D eigenvalue weighted by Crippen LogP contribution is 2.38. The lowest BCUT2D eigenvalue weighted by Crippen LogP contribution is -1.99. The molecule has 92 valence electrons. The van der Waals surface area contributed by atoms with Gasteiger partial charge in [0.15, 0.2) is 6.61 Å². The average Bonchev–Trinajstić information content (AvgIpc) is 2.84. The van der Waals surface area contributed by atoms with E-state index >= 15 is 0 Å². The van der Waals surface area contributed by atoms with Crippen molar-refractivity contribution in [2.45, 2.75) is 17.4 Å². The molecule has 2 nitrogen and oxygen atoms in total. The van der Waals surface area contributed by atoms with Crippen LogP contribution >= 0.6 is 11.8 Å². The Morgan fingerprint density at radius 2 is 2.11 bits per heavy atom. The molecule has 0 aromatic heterocycles. The van der Waals surface area contributed by atoms with Crippen molar-refractivity contribution < 1.29 is 9.53 Å². The zero-order valence-corrected chi connectivity index (χ0v) is 10.9. The van der Waals surface area contributed by atoms with Crippen LogP contribution in [-0.2, 0) is 9.53 Å². The third kappa shape index (κ3) is 3.68. The second-order valence-corrected chi connectivity index (χ2v) is 5.16. The molecular weight excluding hydrogens is 244 g/mol. The van der Waals surface area contributed by atoms with Gasteiger partial charge in [0.05, 0.1) is 5.25 Å². The van der Waals surface area contributed by atoms with E-state index in [1.54, 1.807) is 11.8 Å². The minimum Gasteiger partial charge on any atom is -0.453 e. The molecular formula is C15H14O2S. The molecule has 2 unspecified atom stereocenters. The summed E-state index contributed by atoms with van der Waals surface area (Å²) in [4.78, 5) is 10.6. The van der Waals surface area contributed by atoms with Crippen molar-refractivity contribution in [1.82, 2.24) is 0 Å². The van der Waals surface area contributed by atoms with Crippen molar-refractivity contribution in [2.24, 2.45) is 0 Å². The molecule has 0 bridgehead atoms. The van der Waals surface area contributed by atoms with Crippen LogP contribution in [0.4, 0.5) is 0 Å². The smallest absolute Gasteiger partial charge is 0.303 e. The Kier molecular flexibility index (Phi) is 4.49. The first-order valence-corrected chi connectivity index (χ1v) is 6.70. The SMILES string of the molecule is CC(=O)OCC#CC1C=CC(c2ccccc2)S1. The minimum absolute atomic E-state index is 0.177. The summed E-state index contributed by atoms with van der Waals surface area (Å²) in [7, 11) is 0. The van der Waals surface area contributed by atoms with E-state index in [1.165, 1.54) is 12.5 Å². The van der Waals surface area contributed by atoms with Crippen LogP contribution in [0.2, 0.25) is 0 Å². The molecule has 2 atom stereocenters. The summed E-state index contributed by atoms with van der Waals surface area (Å²) in [5.41, 5.74) is 1.29. The molecule has 0 radical (unpaired) electrons. The van der Waals surface area contributed by atoms with Crippen LogP contribution in [0.5, 0.6) is 0 Å². The average molecular weight is 258 g/mol. The van der Waals surface area contributed by atoms with Crippen molar-refractivity contribution in [3.63, 3.8) is 0 Å². The molecule has 1 aromatic rings. The maximum Gasteiger partial charge on any atom is 0.303 e. The Hall–Kier alpha value is -1.66. The van der Waals surface area contributed by atoms with Gasteiger partial charge >= 0.3 is 5.97 Å². The Balaban J connectivity index is 1.86. The number of hydrogen-bond acceptors (Lipinski definition) is 3. The molecule has 0 N–H and O–H groups in total. The van der Waals surface area contributed by atoms with Crippen molar-refractivity contribution in [1.29, 1.82) is 0 Å². The van der Waals surface area contributed by atoms with E-state index in [-0.39, 0.29) is 17.8 Å². The summed E-state index contributed by atoms with van der Waals surface area (Å²) < 4.78 is 4.77. The van der Waals surface area contributed by atoms with Gasteiger partial charge in [-0.15, -0.1) is 11.8 Å². The molecule has 1 aliphatic heterocycles. The van der Waals surface area contributed by atoms with Gasteiger partial charge in [-0.25, -0.2) is 0 Å². The van der Waals surface area contributed by atoms with Crippen LogP contribution in [0.1, 0.15) is 17.7 Å². The molecule has 1 heterocycles. The predicted octanol–water partition coefficient (Wildman–Crippen LogP) is 2.97. The number of benzene rings is 1. The van der Waals surface area contributed by atoms with E-state index in [9.17, 15) is 4.79 Å². The molecule has 0 fully saturated rings. The van der Waals surface area contributed by atoms with E-state index in [0.29, 0.717) is 5.25 Å². The molecule has 3 heteroatoms. The summed E-state index contributed by atoms with van der Waals surface area (Å²) in [6.07, 6.45) is 4.27. The summed E-state index contributed by atoms with van der Waals surface area (Å²) in [6, 6.07) is 10.4. The summed E-state index contributed by atoms with van der Waals surface area (Å²) in [6.45, 7) is 1.56. The van der Waals surface area contributed by atoms with Gasteiger partial charge in [0.2, 0.25) is 0 Å². The maximum absolute atomic E-state index is 10.6. The van der Waals surface area contributed by atoms with E-state index < -0.39 is 0 Å². The van der Waals surface area contributed by atoms with E-state index in [0.717, 1.165) is 0 Å². The Morgan fingerprint density at radius 3 is 2.83 bits per heavy atom. The first kappa shape index (κ1) is 12.8. The Labute approximate surface area is 111 Å². The van der Waals surface area contributed by atoms with Gasteiger partial charge in [-0.1, -0.05) is 54.3 Å². The summed E-state index contributed by atoms with van der Waals surface area (Å²) in [5, 5.41) is 0.560. The topological polar surface area (TPSA) is 26.3 Å². The lowest BCUT2D eigenvalue weighted by atomic mass is 10.1. The number of carbonyl (C=O) groups excluding carboxylic acids is 1. The highest BCUT2D eigenvalue weighted by molar-refractivity contribution is 8.00. The molecule has 1 aromatic carbocycles. The van der Waals surface area contributed by atoms with Crippen LogP contribution in [0, 0.1) is 11.8 Å². The van der Waals surface area contributed by atoms with E-state index in [4.69, 9.17) is 4.74 Å². The number of ether oxygens (including phenoxy) is 1. The fraction of sp³-hybridized carbons (Fsp3) is 0.267. The van der Waals surface area contributed by atoms with E-state index in [1.807, 2.05) is 18.2 Å². The quantitative estimate of drug-likeness (QED) is 0.463. The Bertz CT molecular complexity index is 496. The molecule has 0 amide bonds. The lowest BCUT2D eigenvalue weighted by Gasteiger charge is -2.08. The van der Waals surface area contributed by atoms with Crippen LogP contribution in [-0.4, -0.2) is 17.8 Å². The number of rotatable bonds is 2. The van der Waals surface area contributed by atoms with Gasteiger partial charge in [-0.3, -0.25) is 4.79 Å². The first-order valence-electron chi connectivity index (χ1n) is 5.76. The molecule has 0 saturated heterocycles. The number of thioether (sulfide) groups is 1. The number of esters is 1. The van der Waals surface area contributed by atoms with Gasteiger partial charge in [-0.2, -0.15) is 0 Å². The standard InChI is InChI=1S/C15H14O2S/c1-12(16)17-11-5-8-14-9-10-15(18-14)13-6-3-2-4-7-13/h2-4,6-7,9-10,14-15H,11H2,1H3. The zero-order chi connectivity index (χ0) is 12.8. The van der Waals surface area contributed by atoms with Gasteiger partial charge < -0.3 is 4.74 Å². The molecule has 18 heavy (non-hydrogen) atoms. The minimum atomic E-state index is -0.291. The van der Waals surface area contributed by atoms with Crippen LogP contribution < -0.4 is 0 Å². The third-order valence-corrected chi connectivity index (χ3v) is 3.76. The molecule has 0 saturated carbocycles. The molecule has 0 spiro atoms.